The third-order valence-electron chi connectivity index (χ3n) is 1.37. The van der Waals surface area contributed by atoms with Gasteiger partial charge in [0, 0.05) is 14.1 Å². The molecule has 0 atom stereocenters. The van der Waals surface area contributed by atoms with Gasteiger partial charge in [-0.05, 0) is 12.1 Å². The van der Waals surface area contributed by atoms with Crippen LogP contribution in [0.1, 0.15) is 0 Å². The van der Waals surface area contributed by atoms with Crippen molar-refractivity contribution in [2.75, 3.05) is 14.1 Å². The van der Waals surface area contributed by atoms with Crippen LogP contribution in [0.4, 0.5) is 0 Å². The molecule has 3 nitrogen and oxygen atoms in total. The Kier molecular flexibility index (Phi) is 3.14. The lowest BCUT2D eigenvalue weighted by Gasteiger charge is -2.05. The lowest BCUT2D eigenvalue weighted by molar-refractivity contribution is 0.524. The fraction of sp³-hybridized carbons (Fsp3) is 0.222. The van der Waals surface area contributed by atoms with E-state index in [1.807, 2.05) is 30.3 Å². The summed E-state index contributed by atoms with van der Waals surface area (Å²) in [5.41, 5.74) is 0. The fourth-order valence-corrected chi connectivity index (χ4v) is 0.809. The maximum atomic E-state index is 5.35. The minimum absolute atomic E-state index is 0.515. The van der Waals surface area contributed by atoms with E-state index in [1.54, 1.807) is 14.1 Å². The van der Waals surface area contributed by atoms with Crippen LogP contribution in [0.5, 0.6) is 5.75 Å². The molecule has 64 valence electrons. The van der Waals surface area contributed by atoms with Crippen molar-refractivity contribution in [1.29, 1.82) is 0 Å². The highest BCUT2D eigenvalue weighted by atomic mass is 16.5. The van der Waals surface area contributed by atoms with Crippen LogP contribution < -0.4 is 10.1 Å². The molecule has 0 bridgehead atoms. The van der Waals surface area contributed by atoms with Gasteiger partial charge in [0.15, 0.2) is 0 Å². The molecular weight excluding hydrogens is 152 g/mol. The van der Waals surface area contributed by atoms with Gasteiger partial charge in [0.2, 0.25) is 0 Å². The van der Waals surface area contributed by atoms with E-state index in [0.29, 0.717) is 6.02 Å². The Hall–Kier alpha value is -1.51. The van der Waals surface area contributed by atoms with E-state index in [4.69, 9.17) is 4.74 Å². The number of hydrogen-bond donors (Lipinski definition) is 1. The number of nitrogens with one attached hydrogen (secondary N) is 1. The minimum atomic E-state index is 0.515. The third kappa shape index (κ3) is 2.27. The van der Waals surface area contributed by atoms with Gasteiger partial charge in [-0.3, -0.25) is 0 Å². The normalized spacial score (nSPS) is 11.0. The Morgan fingerprint density at radius 2 is 2.00 bits per heavy atom. The molecule has 0 amide bonds. The Labute approximate surface area is 72.1 Å². The molecule has 1 aromatic rings. The van der Waals surface area contributed by atoms with Gasteiger partial charge in [-0.25, -0.2) is 4.99 Å². The molecule has 1 rings (SSSR count). The van der Waals surface area contributed by atoms with Gasteiger partial charge in [0.25, 0.3) is 6.02 Å². The Morgan fingerprint density at radius 1 is 1.33 bits per heavy atom. The largest absolute Gasteiger partial charge is 0.426 e. The van der Waals surface area contributed by atoms with E-state index in [2.05, 4.69) is 10.3 Å². The zero-order valence-corrected chi connectivity index (χ0v) is 7.24. The van der Waals surface area contributed by atoms with Crippen molar-refractivity contribution in [1.82, 2.24) is 5.32 Å². The molecule has 0 spiro atoms. The molecule has 0 aromatic heterocycles. The molecule has 0 aliphatic carbocycles. The summed E-state index contributed by atoms with van der Waals surface area (Å²) in [6, 6.07) is 10.0. The molecule has 0 heterocycles. The quantitative estimate of drug-likeness (QED) is 0.501. The standard InChI is InChI=1S/C9H12N2O/c1-10-9(11-2)12-8-6-4-3-5-7-8/h3-7H,1-2H3,(H,10,11). The zero-order chi connectivity index (χ0) is 8.81. The van der Waals surface area contributed by atoms with Crippen molar-refractivity contribution >= 4 is 6.02 Å². The Morgan fingerprint density at radius 3 is 2.50 bits per heavy atom. The summed E-state index contributed by atoms with van der Waals surface area (Å²) in [5.74, 6) is 0.785. The SMILES string of the molecule is CN=C(NC)Oc1ccccc1. The number of rotatable bonds is 1. The molecule has 0 saturated heterocycles. The van der Waals surface area contributed by atoms with Crippen molar-refractivity contribution < 1.29 is 4.74 Å². The molecule has 12 heavy (non-hydrogen) atoms. The van der Waals surface area contributed by atoms with Crippen molar-refractivity contribution in [2.45, 2.75) is 0 Å². The van der Waals surface area contributed by atoms with Crippen LogP contribution >= 0.6 is 0 Å². The predicted octanol–water partition coefficient (Wildman–Crippen LogP) is 1.27. The van der Waals surface area contributed by atoms with Crippen LogP contribution in [-0.2, 0) is 0 Å². The molecule has 0 saturated carbocycles. The molecule has 0 unspecified atom stereocenters. The summed E-state index contributed by atoms with van der Waals surface area (Å²) >= 11 is 0. The zero-order valence-electron chi connectivity index (χ0n) is 7.24. The number of benzene rings is 1. The van der Waals surface area contributed by atoms with E-state index >= 15 is 0 Å². The summed E-state index contributed by atoms with van der Waals surface area (Å²) in [6.45, 7) is 0. The lowest BCUT2D eigenvalue weighted by atomic mass is 10.3. The van der Waals surface area contributed by atoms with Gasteiger partial charge in [0.05, 0.1) is 0 Å². The molecule has 0 fully saturated rings. The second-order valence-corrected chi connectivity index (χ2v) is 2.19. The maximum absolute atomic E-state index is 5.35. The Balaban J connectivity index is 2.64. The second-order valence-electron chi connectivity index (χ2n) is 2.19. The highest BCUT2D eigenvalue weighted by Crippen LogP contribution is 2.07. The van der Waals surface area contributed by atoms with E-state index in [1.165, 1.54) is 0 Å². The van der Waals surface area contributed by atoms with Crippen molar-refractivity contribution in [3.63, 3.8) is 0 Å². The van der Waals surface area contributed by atoms with Crippen LogP contribution in [0, 0.1) is 0 Å². The highest BCUT2D eigenvalue weighted by Gasteiger charge is 1.95. The second kappa shape index (κ2) is 4.38. The number of hydrogen-bond acceptors (Lipinski definition) is 2. The van der Waals surface area contributed by atoms with E-state index in [-0.39, 0.29) is 0 Å². The van der Waals surface area contributed by atoms with Crippen LogP contribution in [0.15, 0.2) is 35.3 Å². The monoisotopic (exact) mass is 164 g/mol. The molecular formula is C9H12N2O. The van der Waals surface area contributed by atoms with Gasteiger partial charge in [0.1, 0.15) is 5.75 Å². The lowest BCUT2D eigenvalue weighted by Crippen LogP contribution is -2.24. The van der Waals surface area contributed by atoms with E-state index in [0.717, 1.165) is 5.75 Å². The number of ether oxygens (including phenoxy) is 1. The van der Waals surface area contributed by atoms with Crippen molar-refractivity contribution in [3.8, 4) is 5.75 Å². The highest BCUT2D eigenvalue weighted by molar-refractivity contribution is 5.75. The Bertz CT molecular complexity index is 256. The van der Waals surface area contributed by atoms with Crippen LogP contribution in [-0.4, -0.2) is 20.1 Å². The van der Waals surface area contributed by atoms with Gasteiger partial charge in [-0.15, -0.1) is 0 Å². The van der Waals surface area contributed by atoms with Gasteiger partial charge in [-0.2, -0.15) is 0 Å². The maximum Gasteiger partial charge on any atom is 0.289 e. The summed E-state index contributed by atoms with van der Waals surface area (Å²) in [4.78, 5) is 3.89. The molecule has 0 radical (unpaired) electrons. The number of amidine groups is 1. The van der Waals surface area contributed by atoms with E-state index < -0.39 is 0 Å². The molecule has 1 aromatic carbocycles. The van der Waals surface area contributed by atoms with Crippen LogP contribution in [0.3, 0.4) is 0 Å². The first kappa shape index (κ1) is 8.59. The third-order valence-corrected chi connectivity index (χ3v) is 1.37. The topological polar surface area (TPSA) is 33.6 Å². The van der Waals surface area contributed by atoms with Gasteiger partial charge in [-0.1, -0.05) is 18.2 Å². The van der Waals surface area contributed by atoms with Gasteiger partial charge >= 0.3 is 0 Å². The van der Waals surface area contributed by atoms with Crippen LogP contribution in [0.25, 0.3) is 0 Å². The summed E-state index contributed by atoms with van der Waals surface area (Å²) in [6.07, 6.45) is 0. The fourth-order valence-electron chi connectivity index (χ4n) is 0.809. The van der Waals surface area contributed by atoms with Crippen molar-refractivity contribution in [2.24, 2.45) is 4.99 Å². The number of aliphatic imine (C=N–C) groups is 1. The molecule has 1 N–H and O–H groups in total. The average molecular weight is 164 g/mol. The van der Waals surface area contributed by atoms with Gasteiger partial charge < -0.3 is 10.1 Å². The minimum Gasteiger partial charge on any atom is -0.426 e. The first-order valence-electron chi connectivity index (χ1n) is 3.74. The first-order valence-corrected chi connectivity index (χ1v) is 3.74. The predicted molar refractivity (Wildman–Crippen MR) is 49.5 cm³/mol. The average Bonchev–Trinajstić information content (AvgIpc) is 2.16. The molecule has 3 heteroatoms. The van der Waals surface area contributed by atoms with Crippen molar-refractivity contribution in [3.05, 3.63) is 30.3 Å². The molecule has 0 aliphatic heterocycles. The summed E-state index contributed by atoms with van der Waals surface area (Å²) < 4.78 is 5.35. The van der Waals surface area contributed by atoms with E-state index in [9.17, 15) is 0 Å². The van der Waals surface area contributed by atoms with Crippen LogP contribution in [0.2, 0.25) is 0 Å². The number of nitrogens with zero attached hydrogens (tertiary/aromatic N) is 1. The molecule has 0 aliphatic rings. The smallest absolute Gasteiger partial charge is 0.289 e. The summed E-state index contributed by atoms with van der Waals surface area (Å²) in [5, 5.41) is 2.83. The first-order chi connectivity index (χ1) is 5.86. The number of para-hydroxylation sites is 1. The summed E-state index contributed by atoms with van der Waals surface area (Å²) in [7, 11) is 3.44.